The number of piperidine rings is 2. The predicted octanol–water partition coefficient (Wildman–Crippen LogP) is 2.08. The van der Waals surface area contributed by atoms with Crippen molar-refractivity contribution in [3.63, 3.8) is 0 Å². The molecule has 1 aromatic carbocycles. The number of nitrogens with two attached hydrogens (primary N) is 1. The number of benzene rings is 1. The average molecular weight is 396 g/mol. The van der Waals surface area contributed by atoms with E-state index in [0.717, 1.165) is 25.7 Å². The average Bonchev–Trinajstić information content (AvgIpc) is 3.45. The first-order valence-electron chi connectivity index (χ1n) is 9.61. The lowest BCUT2D eigenvalue weighted by Gasteiger charge is -2.47. The molecule has 3 fully saturated rings. The summed E-state index contributed by atoms with van der Waals surface area (Å²) in [6, 6.07) is 6.83. The van der Waals surface area contributed by atoms with E-state index in [0.29, 0.717) is 44.1 Å². The third-order valence-corrected chi connectivity index (χ3v) is 6.35. The van der Waals surface area contributed by atoms with Gasteiger partial charge in [0.15, 0.2) is 0 Å². The molecular formula is C20H27ClFN3O2. The van der Waals surface area contributed by atoms with Crippen molar-refractivity contribution in [2.45, 2.75) is 43.6 Å². The maximum Gasteiger partial charge on any atom is 0.233 e. The minimum atomic E-state index is -0.667. The van der Waals surface area contributed by atoms with Crippen LogP contribution in [0, 0.1) is 11.7 Å². The number of carbonyl (C=O) groups excluding carboxylic acids is 2. The quantitative estimate of drug-likeness (QED) is 0.848. The monoisotopic (exact) mass is 395 g/mol. The number of carbonyl (C=O) groups is 2. The Labute approximate surface area is 165 Å². The van der Waals surface area contributed by atoms with Gasteiger partial charge in [0, 0.05) is 44.2 Å². The summed E-state index contributed by atoms with van der Waals surface area (Å²) in [4.78, 5) is 29.3. The lowest BCUT2D eigenvalue weighted by atomic mass is 9.82. The van der Waals surface area contributed by atoms with Crippen LogP contribution in [-0.4, -0.2) is 53.8 Å². The molecule has 0 unspecified atom stereocenters. The van der Waals surface area contributed by atoms with Gasteiger partial charge in [0.25, 0.3) is 0 Å². The maximum atomic E-state index is 14.3. The van der Waals surface area contributed by atoms with Crippen molar-refractivity contribution in [2.24, 2.45) is 11.7 Å². The molecule has 0 radical (unpaired) electrons. The molecule has 148 valence electrons. The summed E-state index contributed by atoms with van der Waals surface area (Å²) >= 11 is 0. The number of halogens is 2. The van der Waals surface area contributed by atoms with Crippen molar-refractivity contribution < 1.29 is 14.0 Å². The summed E-state index contributed by atoms with van der Waals surface area (Å²) in [6.07, 6.45) is 3.57. The molecule has 2 saturated heterocycles. The Morgan fingerprint density at radius 2 is 2.00 bits per heavy atom. The zero-order valence-corrected chi connectivity index (χ0v) is 16.2. The molecule has 0 spiro atoms. The van der Waals surface area contributed by atoms with Crippen LogP contribution in [0.15, 0.2) is 24.3 Å². The molecule has 2 amide bonds. The number of amides is 2. The Morgan fingerprint density at radius 1 is 1.26 bits per heavy atom. The van der Waals surface area contributed by atoms with Gasteiger partial charge in [-0.3, -0.25) is 9.59 Å². The fourth-order valence-electron chi connectivity index (χ4n) is 4.84. The van der Waals surface area contributed by atoms with Gasteiger partial charge in [0.05, 0.1) is 5.41 Å². The van der Waals surface area contributed by atoms with Crippen LogP contribution >= 0.6 is 12.4 Å². The summed E-state index contributed by atoms with van der Waals surface area (Å²) in [5, 5.41) is 0. The molecule has 3 aliphatic rings. The summed E-state index contributed by atoms with van der Waals surface area (Å²) < 4.78 is 14.3. The van der Waals surface area contributed by atoms with Crippen molar-refractivity contribution >= 4 is 24.2 Å². The molecule has 2 N–H and O–H groups in total. The van der Waals surface area contributed by atoms with E-state index in [1.54, 1.807) is 18.2 Å². The first-order valence-corrected chi connectivity index (χ1v) is 9.61. The van der Waals surface area contributed by atoms with Crippen LogP contribution in [0.4, 0.5) is 4.39 Å². The van der Waals surface area contributed by atoms with E-state index in [4.69, 9.17) is 5.73 Å². The second-order valence-corrected chi connectivity index (χ2v) is 7.84. The first kappa shape index (κ1) is 20.1. The Hall–Kier alpha value is -1.66. The van der Waals surface area contributed by atoms with Gasteiger partial charge in [0.2, 0.25) is 11.8 Å². The molecule has 0 aromatic heterocycles. The maximum absolute atomic E-state index is 14.3. The van der Waals surface area contributed by atoms with Crippen LogP contribution in [0.2, 0.25) is 0 Å². The molecule has 2 atom stereocenters. The van der Waals surface area contributed by atoms with Gasteiger partial charge in [0.1, 0.15) is 5.82 Å². The number of hydrogen-bond acceptors (Lipinski definition) is 3. The van der Waals surface area contributed by atoms with Crippen LogP contribution in [0.5, 0.6) is 0 Å². The zero-order chi connectivity index (χ0) is 18.3. The number of hydrogen-bond donors (Lipinski definition) is 1. The smallest absolute Gasteiger partial charge is 0.233 e. The van der Waals surface area contributed by atoms with E-state index in [-0.39, 0.29) is 36.1 Å². The lowest BCUT2D eigenvalue weighted by molar-refractivity contribution is -0.145. The minimum absolute atomic E-state index is 0. The third kappa shape index (κ3) is 3.45. The minimum Gasteiger partial charge on any atom is -0.341 e. The summed E-state index contributed by atoms with van der Waals surface area (Å²) in [5.74, 6) is 0.254. The number of fused-ring (bicyclic) bond motifs is 1. The van der Waals surface area contributed by atoms with Crippen LogP contribution < -0.4 is 5.73 Å². The summed E-state index contributed by atoms with van der Waals surface area (Å²) in [6.45, 7) is 2.35. The van der Waals surface area contributed by atoms with E-state index >= 15 is 0 Å². The second kappa shape index (κ2) is 7.76. The van der Waals surface area contributed by atoms with E-state index in [9.17, 15) is 14.0 Å². The SMILES string of the molecule is Cl.NCCN1C(=O)CC[C@H]2CN(C(=O)C3(c4ccccc4F)CC3)CC[C@H]21. The van der Waals surface area contributed by atoms with Gasteiger partial charge in [-0.2, -0.15) is 0 Å². The van der Waals surface area contributed by atoms with Crippen LogP contribution in [0.1, 0.15) is 37.7 Å². The van der Waals surface area contributed by atoms with Crippen molar-refractivity contribution in [3.8, 4) is 0 Å². The van der Waals surface area contributed by atoms with E-state index in [1.807, 2.05) is 9.80 Å². The van der Waals surface area contributed by atoms with E-state index < -0.39 is 5.41 Å². The molecule has 2 heterocycles. The largest absolute Gasteiger partial charge is 0.341 e. The van der Waals surface area contributed by atoms with Crippen molar-refractivity contribution in [1.82, 2.24) is 9.80 Å². The van der Waals surface area contributed by atoms with Crippen LogP contribution in [-0.2, 0) is 15.0 Å². The highest BCUT2D eigenvalue weighted by Crippen LogP contribution is 2.51. The van der Waals surface area contributed by atoms with Gasteiger partial charge in [-0.15, -0.1) is 12.4 Å². The highest BCUT2D eigenvalue weighted by atomic mass is 35.5. The predicted molar refractivity (Wildman–Crippen MR) is 103 cm³/mol. The highest BCUT2D eigenvalue weighted by molar-refractivity contribution is 5.91. The van der Waals surface area contributed by atoms with E-state index in [2.05, 4.69) is 0 Å². The Balaban J connectivity index is 0.00000210. The Kier molecular flexibility index (Phi) is 5.77. The molecular weight excluding hydrogens is 369 g/mol. The van der Waals surface area contributed by atoms with Crippen molar-refractivity contribution in [1.29, 1.82) is 0 Å². The number of nitrogens with zero attached hydrogens (tertiary/aromatic N) is 2. The normalized spacial score (nSPS) is 26.2. The van der Waals surface area contributed by atoms with Crippen LogP contribution in [0.25, 0.3) is 0 Å². The first-order chi connectivity index (χ1) is 12.6. The number of likely N-dealkylation sites (tertiary alicyclic amines) is 2. The molecule has 2 aliphatic heterocycles. The standard InChI is InChI=1S/C20H26FN3O2.ClH/c21-16-4-2-1-3-15(16)20(8-9-20)19(26)23-11-7-17-14(13-23)5-6-18(25)24(17)12-10-22;/h1-4,14,17H,5-13,22H2;1H/t14-,17+;/m0./s1. The lowest BCUT2D eigenvalue weighted by Crippen LogP contribution is -2.58. The molecule has 5 nitrogen and oxygen atoms in total. The van der Waals surface area contributed by atoms with Crippen LogP contribution in [0.3, 0.4) is 0 Å². The summed E-state index contributed by atoms with van der Waals surface area (Å²) in [7, 11) is 0. The Morgan fingerprint density at radius 3 is 2.67 bits per heavy atom. The summed E-state index contributed by atoms with van der Waals surface area (Å²) in [5.41, 5.74) is 5.54. The van der Waals surface area contributed by atoms with Gasteiger partial charge >= 0.3 is 0 Å². The molecule has 4 rings (SSSR count). The molecule has 27 heavy (non-hydrogen) atoms. The molecule has 1 aromatic rings. The number of rotatable bonds is 4. The molecule has 1 aliphatic carbocycles. The van der Waals surface area contributed by atoms with E-state index in [1.165, 1.54) is 6.07 Å². The molecule has 1 saturated carbocycles. The fraction of sp³-hybridized carbons (Fsp3) is 0.600. The fourth-order valence-corrected chi connectivity index (χ4v) is 4.84. The second-order valence-electron chi connectivity index (χ2n) is 7.84. The Bertz CT molecular complexity index is 725. The van der Waals surface area contributed by atoms with Gasteiger partial charge in [-0.05, 0) is 37.7 Å². The van der Waals surface area contributed by atoms with Crippen molar-refractivity contribution in [3.05, 3.63) is 35.6 Å². The molecule has 0 bridgehead atoms. The van der Waals surface area contributed by atoms with Crippen molar-refractivity contribution in [2.75, 3.05) is 26.2 Å². The zero-order valence-electron chi connectivity index (χ0n) is 15.4. The molecule has 7 heteroatoms. The third-order valence-electron chi connectivity index (χ3n) is 6.35. The van der Waals surface area contributed by atoms with Gasteiger partial charge < -0.3 is 15.5 Å². The highest BCUT2D eigenvalue weighted by Gasteiger charge is 2.55. The topological polar surface area (TPSA) is 66.6 Å². The van der Waals surface area contributed by atoms with Gasteiger partial charge in [-0.1, -0.05) is 18.2 Å². The van der Waals surface area contributed by atoms with Gasteiger partial charge in [-0.25, -0.2) is 4.39 Å².